The molecule has 132 valence electrons. The number of nitrogens with zero attached hydrogens (tertiary/aromatic N) is 2. The second-order valence-corrected chi connectivity index (χ2v) is 6.95. The van der Waals surface area contributed by atoms with Gasteiger partial charge in [0.1, 0.15) is 11.6 Å². The summed E-state index contributed by atoms with van der Waals surface area (Å²) in [5, 5.41) is 10.4. The lowest BCUT2D eigenvalue weighted by molar-refractivity contribution is 0.475. The molecule has 1 aromatic heterocycles. The zero-order chi connectivity index (χ0) is 18.8. The Morgan fingerprint density at radius 2 is 1.74 bits per heavy atom. The predicted molar refractivity (Wildman–Crippen MR) is 112 cm³/mol. The SMILES string of the molecule is O=c1c2ccccc2nc(C=Cc2cccc(Br)c2)n1-c1cccc(O)c1. The van der Waals surface area contributed by atoms with Crippen LogP contribution in [0.2, 0.25) is 0 Å². The smallest absolute Gasteiger partial charge is 0.266 e. The Kier molecular flexibility index (Phi) is 4.60. The van der Waals surface area contributed by atoms with E-state index in [0.717, 1.165) is 10.0 Å². The molecule has 0 spiro atoms. The molecule has 0 saturated carbocycles. The maximum atomic E-state index is 13.1. The minimum Gasteiger partial charge on any atom is -0.508 e. The van der Waals surface area contributed by atoms with Crippen LogP contribution in [-0.2, 0) is 0 Å². The number of phenols is 1. The third-order valence-electron chi connectivity index (χ3n) is 4.16. The van der Waals surface area contributed by atoms with Gasteiger partial charge in [-0.1, -0.05) is 52.3 Å². The molecule has 4 aromatic rings. The van der Waals surface area contributed by atoms with E-state index in [1.165, 1.54) is 4.57 Å². The summed E-state index contributed by atoms with van der Waals surface area (Å²) < 4.78 is 2.48. The van der Waals surface area contributed by atoms with E-state index in [1.807, 2.05) is 48.5 Å². The van der Waals surface area contributed by atoms with Gasteiger partial charge in [-0.25, -0.2) is 4.98 Å². The van der Waals surface area contributed by atoms with Crippen LogP contribution in [0.1, 0.15) is 11.4 Å². The molecular formula is C22H15BrN2O2. The summed E-state index contributed by atoms with van der Waals surface area (Å²) >= 11 is 3.46. The summed E-state index contributed by atoms with van der Waals surface area (Å²) in [5.74, 6) is 0.582. The Morgan fingerprint density at radius 3 is 2.56 bits per heavy atom. The van der Waals surface area contributed by atoms with Gasteiger partial charge in [0.25, 0.3) is 5.56 Å². The van der Waals surface area contributed by atoms with Crippen molar-refractivity contribution in [3.05, 3.63) is 99.0 Å². The average molecular weight is 419 g/mol. The van der Waals surface area contributed by atoms with Crippen LogP contribution in [0.25, 0.3) is 28.7 Å². The standard InChI is InChI=1S/C22H15BrN2O2/c23-16-6-3-5-15(13-16)11-12-21-24-20-10-2-1-9-19(20)22(27)25(21)17-7-4-8-18(26)14-17/h1-14,26H. The number of aromatic hydroxyl groups is 1. The number of fused-ring (bicyclic) bond motifs is 1. The molecule has 0 aliphatic rings. The number of aromatic nitrogens is 2. The fraction of sp³-hybridized carbons (Fsp3) is 0. The summed E-state index contributed by atoms with van der Waals surface area (Å²) in [6, 6.07) is 21.7. The first-order valence-corrected chi connectivity index (χ1v) is 9.16. The molecule has 0 fully saturated rings. The number of phenolic OH excluding ortho intramolecular Hbond substituents is 1. The lowest BCUT2D eigenvalue weighted by Gasteiger charge is -2.11. The van der Waals surface area contributed by atoms with E-state index in [0.29, 0.717) is 22.4 Å². The third-order valence-corrected chi connectivity index (χ3v) is 4.66. The van der Waals surface area contributed by atoms with Gasteiger partial charge in [-0.2, -0.15) is 0 Å². The third kappa shape index (κ3) is 3.55. The maximum absolute atomic E-state index is 13.1. The van der Waals surface area contributed by atoms with Gasteiger partial charge < -0.3 is 5.11 Å². The van der Waals surface area contributed by atoms with Crippen LogP contribution in [0, 0.1) is 0 Å². The number of rotatable bonds is 3. The van der Waals surface area contributed by atoms with Gasteiger partial charge >= 0.3 is 0 Å². The van der Waals surface area contributed by atoms with E-state index < -0.39 is 0 Å². The van der Waals surface area contributed by atoms with E-state index in [4.69, 9.17) is 0 Å². The van der Waals surface area contributed by atoms with Crippen molar-refractivity contribution in [1.82, 2.24) is 9.55 Å². The summed E-state index contributed by atoms with van der Waals surface area (Å²) in [4.78, 5) is 17.8. The minimum atomic E-state index is -0.180. The highest BCUT2D eigenvalue weighted by molar-refractivity contribution is 9.10. The van der Waals surface area contributed by atoms with Crippen LogP contribution in [0.5, 0.6) is 5.75 Å². The molecule has 4 rings (SSSR count). The van der Waals surface area contributed by atoms with Crippen molar-refractivity contribution >= 4 is 39.0 Å². The maximum Gasteiger partial charge on any atom is 0.266 e. The van der Waals surface area contributed by atoms with E-state index in [1.54, 1.807) is 36.4 Å². The Morgan fingerprint density at radius 1 is 0.926 bits per heavy atom. The molecule has 0 bridgehead atoms. The monoisotopic (exact) mass is 418 g/mol. The second-order valence-electron chi connectivity index (χ2n) is 6.04. The molecule has 0 radical (unpaired) electrons. The van der Waals surface area contributed by atoms with Gasteiger partial charge in [0, 0.05) is 10.5 Å². The molecular weight excluding hydrogens is 404 g/mol. The fourth-order valence-corrected chi connectivity index (χ4v) is 3.34. The first-order chi connectivity index (χ1) is 13.1. The molecule has 4 nitrogen and oxygen atoms in total. The highest BCUT2D eigenvalue weighted by Gasteiger charge is 2.11. The van der Waals surface area contributed by atoms with Gasteiger partial charge in [-0.3, -0.25) is 9.36 Å². The van der Waals surface area contributed by atoms with Crippen LogP contribution in [0.4, 0.5) is 0 Å². The van der Waals surface area contributed by atoms with Crippen LogP contribution in [0.15, 0.2) is 82.1 Å². The molecule has 0 amide bonds. The van der Waals surface area contributed by atoms with Crippen molar-refractivity contribution in [2.75, 3.05) is 0 Å². The van der Waals surface area contributed by atoms with Crippen molar-refractivity contribution in [2.45, 2.75) is 0 Å². The summed E-state index contributed by atoms with van der Waals surface area (Å²) in [6.07, 6.45) is 3.71. The summed E-state index contributed by atoms with van der Waals surface area (Å²) in [5.41, 5.74) is 1.99. The zero-order valence-corrected chi connectivity index (χ0v) is 15.8. The first kappa shape index (κ1) is 17.2. The molecule has 0 saturated heterocycles. The Bertz CT molecular complexity index is 1230. The average Bonchev–Trinajstić information content (AvgIpc) is 2.66. The summed E-state index contributed by atoms with van der Waals surface area (Å²) in [6.45, 7) is 0. The van der Waals surface area contributed by atoms with Crippen molar-refractivity contribution in [3.63, 3.8) is 0 Å². The highest BCUT2D eigenvalue weighted by atomic mass is 79.9. The van der Waals surface area contributed by atoms with E-state index >= 15 is 0 Å². The predicted octanol–water partition coefficient (Wildman–Crippen LogP) is 5.02. The van der Waals surface area contributed by atoms with Crippen LogP contribution in [-0.4, -0.2) is 14.7 Å². The quantitative estimate of drug-likeness (QED) is 0.507. The Hall–Kier alpha value is -3.18. The molecule has 1 N–H and O–H groups in total. The Balaban J connectivity index is 1.95. The molecule has 27 heavy (non-hydrogen) atoms. The van der Waals surface area contributed by atoms with E-state index in [9.17, 15) is 9.90 Å². The molecule has 0 unspecified atom stereocenters. The number of para-hydroxylation sites is 1. The number of hydrogen-bond donors (Lipinski definition) is 1. The lowest BCUT2D eigenvalue weighted by Crippen LogP contribution is -2.22. The zero-order valence-electron chi connectivity index (χ0n) is 14.2. The van der Waals surface area contributed by atoms with Crippen molar-refractivity contribution in [2.24, 2.45) is 0 Å². The molecule has 5 heteroatoms. The van der Waals surface area contributed by atoms with Gasteiger partial charge in [-0.05, 0) is 48.0 Å². The normalized spacial score (nSPS) is 11.3. The van der Waals surface area contributed by atoms with Crippen molar-refractivity contribution in [3.8, 4) is 11.4 Å². The molecule has 0 atom stereocenters. The first-order valence-electron chi connectivity index (χ1n) is 8.37. The fourth-order valence-electron chi connectivity index (χ4n) is 2.92. The molecule has 0 aliphatic carbocycles. The molecule has 3 aromatic carbocycles. The van der Waals surface area contributed by atoms with Gasteiger partial charge in [-0.15, -0.1) is 0 Å². The van der Waals surface area contributed by atoms with E-state index in [2.05, 4.69) is 20.9 Å². The second kappa shape index (κ2) is 7.21. The van der Waals surface area contributed by atoms with Crippen LogP contribution < -0.4 is 5.56 Å². The van der Waals surface area contributed by atoms with Gasteiger partial charge in [0.2, 0.25) is 0 Å². The number of halogens is 1. The number of benzene rings is 3. The van der Waals surface area contributed by atoms with Gasteiger partial charge in [0.15, 0.2) is 0 Å². The van der Waals surface area contributed by atoms with Crippen LogP contribution in [0.3, 0.4) is 0 Å². The van der Waals surface area contributed by atoms with Crippen molar-refractivity contribution in [1.29, 1.82) is 0 Å². The van der Waals surface area contributed by atoms with Gasteiger partial charge in [0.05, 0.1) is 16.6 Å². The molecule has 1 heterocycles. The highest BCUT2D eigenvalue weighted by Crippen LogP contribution is 2.19. The van der Waals surface area contributed by atoms with Crippen LogP contribution >= 0.6 is 15.9 Å². The minimum absolute atomic E-state index is 0.0921. The lowest BCUT2D eigenvalue weighted by atomic mass is 10.2. The largest absolute Gasteiger partial charge is 0.508 e. The number of hydrogen-bond acceptors (Lipinski definition) is 3. The Labute approximate surface area is 164 Å². The topological polar surface area (TPSA) is 55.1 Å². The summed E-state index contributed by atoms with van der Waals surface area (Å²) in [7, 11) is 0. The van der Waals surface area contributed by atoms with Crippen molar-refractivity contribution < 1.29 is 5.11 Å². The van der Waals surface area contributed by atoms with E-state index in [-0.39, 0.29) is 11.3 Å². The molecule has 0 aliphatic heterocycles.